The van der Waals surface area contributed by atoms with Crippen LogP contribution in [0.25, 0.3) is 0 Å². The first kappa shape index (κ1) is 24.3. The van der Waals surface area contributed by atoms with E-state index in [0.29, 0.717) is 6.04 Å². The number of aryl methyl sites for hydroxylation is 2. The smallest absolute Gasteiger partial charge is 0.191 e. The first-order chi connectivity index (χ1) is 15.5. The summed E-state index contributed by atoms with van der Waals surface area (Å²) in [5.41, 5.74) is 5.09. The summed E-state index contributed by atoms with van der Waals surface area (Å²) in [6, 6.07) is 11.1. The monoisotopic (exact) mass is 439 g/mol. The molecule has 7 heteroatoms. The Bertz CT molecular complexity index is 851. The van der Waals surface area contributed by atoms with Crippen LogP contribution in [0.4, 0.5) is 0 Å². The summed E-state index contributed by atoms with van der Waals surface area (Å²) in [5, 5.41) is 11.5. The van der Waals surface area contributed by atoms with Crippen LogP contribution in [0.2, 0.25) is 0 Å². The van der Waals surface area contributed by atoms with Gasteiger partial charge in [0.15, 0.2) is 5.96 Å². The summed E-state index contributed by atoms with van der Waals surface area (Å²) in [7, 11) is 3.85. The van der Waals surface area contributed by atoms with Gasteiger partial charge >= 0.3 is 0 Å². The van der Waals surface area contributed by atoms with E-state index in [1.165, 1.54) is 16.8 Å². The van der Waals surface area contributed by atoms with Crippen molar-refractivity contribution in [2.45, 2.75) is 46.2 Å². The Kier molecular flexibility index (Phi) is 9.11. The number of rotatable bonds is 9. The third-order valence-electron chi connectivity index (χ3n) is 6.43. The van der Waals surface area contributed by atoms with Crippen molar-refractivity contribution in [2.24, 2.45) is 12.0 Å². The van der Waals surface area contributed by atoms with Gasteiger partial charge in [-0.15, -0.1) is 0 Å². The van der Waals surface area contributed by atoms with Crippen molar-refractivity contribution in [1.82, 2.24) is 30.2 Å². The van der Waals surface area contributed by atoms with Crippen LogP contribution in [0, 0.1) is 13.8 Å². The molecule has 0 amide bonds. The van der Waals surface area contributed by atoms with E-state index in [1.807, 2.05) is 18.8 Å². The molecule has 1 saturated heterocycles. The Morgan fingerprint density at radius 3 is 2.41 bits per heavy atom. The molecule has 1 aliphatic heterocycles. The van der Waals surface area contributed by atoms with Crippen LogP contribution < -0.4 is 10.6 Å². The van der Waals surface area contributed by atoms with E-state index in [4.69, 9.17) is 0 Å². The van der Waals surface area contributed by atoms with Crippen molar-refractivity contribution < 1.29 is 0 Å². The van der Waals surface area contributed by atoms with Gasteiger partial charge in [-0.3, -0.25) is 14.6 Å². The van der Waals surface area contributed by atoms with E-state index in [1.54, 1.807) is 0 Å². The molecule has 2 heterocycles. The van der Waals surface area contributed by atoms with E-state index in [2.05, 4.69) is 81.6 Å². The van der Waals surface area contributed by atoms with Crippen molar-refractivity contribution in [2.75, 3.05) is 46.3 Å². The molecule has 1 aromatic heterocycles. The lowest BCUT2D eigenvalue weighted by Crippen LogP contribution is -2.47. The fraction of sp³-hybridized carbons (Fsp3) is 0.600. The number of hydrogen-bond donors (Lipinski definition) is 2. The average molecular weight is 440 g/mol. The number of aliphatic imine (C=N–C) groups is 1. The van der Waals surface area contributed by atoms with Crippen molar-refractivity contribution >= 4 is 5.96 Å². The second kappa shape index (κ2) is 12.0. The Hall–Kier alpha value is -2.38. The minimum Gasteiger partial charge on any atom is -0.356 e. The van der Waals surface area contributed by atoms with Crippen molar-refractivity contribution in [3.63, 3.8) is 0 Å². The predicted octanol–water partition coefficient (Wildman–Crippen LogP) is 2.34. The Morgan fingerprint density at radius 2 is 1.78 bits per heavy atom. The number of aromatic nitrogens is 2. The molecule has 0 radical (unpaired) electrons. The molecule has 0 bridgehead atoms. The van der Waals surface area contributed by atoms with Gasteiger partial charge in [0.05, 0.1) is 5.69 Å². The first-order valence-electron chi connectivity index (χ1n) is 11.9. The molecule has 176 valence electrons. The molecule has 3 rings (SSSR count). The number of hydrogen-bond acceptors (Lipinski definition) is 4. The molecule has 0 aliphatic carbocycles. The van der Waals surface area contributed by atoms with Gasteiger partial charge in [0.25, 0.3) is 0 Å². The van der Waals surface area contributed by atoms with Crippen molar-refractivity contribution in [3.8, 4) is 0 Å². The highest BCUT2D eigenvalue weighted by Crippen LogP contribution is 2.14. The fourth-order valence-corrected chi connectivity index (χ4v) is 4.42. The SMILES string of the molecule is CN=C(NCCCN1CCN(Cc2ccccc2)CC1)NC(C)Cc1c(C)nn(C)c1C. The summed E-state index contributed by atoms with van der Waals surface area (Å²) in [5.74, 6) is 0.879. The number of nitrogens with zero attached hydrogens (tertiary/aromatic N) is 5. The van der Waals surface area contributed by atoms with E-state index >= 15 is 0 Å². The molecule has 1 atom stereocenters. The zero-order valence-corrected chi connectivity index (χ0v) is 20.6. The molecule has 1 aromatic carbocycles. The molecule has 32 heavy (non-hydrogen) atoms. The highest BCUT2D eigenvalue weighted by atomic mass is 15.3. The Balaban J connectivity index is 1.31. The maximum absolute atomic E-state index is 4.53. The van der Waals surface area contributed by atoms with Crippen LogP contribution in [-0.4, -0.2) is 77.9 Å². The molecule has 0 saturated carbocycles. The highest BCUT2D eigenvalue weighted by Gasteiger charge is 2.17. The Labute approximate surface area is 193 Å². The van der Waals surface area contributed by atoms with Gasteiger partial charge in [-0.1, -0.05) is 30.3 Å². The van der Waals surface area contributed by atoms with E-state index in [9.17, 15) is 0 Å². The zero-order chi connectivity index (χ0) is 22.9. The number of nitrogens with one attached hydrogen (secondary N) is 2. The molecular weight excluding hydrogens is 398 g/mol. The van der Waals surface area contributed by atoms with Gasteiger partial charge < -0.3 is 15.5 Å². The quantitative estimate of drug-likeness (QED) is 0.357. The van der Waals surface area contributed by atoms with Crippen LogP contribution in [-0.2, 0) is 20.0 Å². The summed E-state index contributed by atoms with van der Waals surface area (Å²) >= 11 is 0. The second-order valence-corrected chi connectivity index (χ2v) is 8.98. The minimum absolute atomic E-state index is 0.292. The highest BCUT2D eigenvalue weighted by molar-refractivity contribution is 5.79. The van der Waals surface area contributed by atoms with Crippen molar-refractivity contribution in [1.29, 1.82) is 0 Å². The van der Waals surface area contributed by atoms with Gasteiger partial charge in [0.1, 0.15) is 0 Å². The summed E-state index contributed by atoms with van der Waals surface area (Å²) in [6.07, 6.45) is 2.06. The molecule has 7 nitrogen and oxygen atoms in total. The number of benzene rings is 1. The normalized spacial score (nSPS) is 16.8. The molecule has 0 spiro atoms. The minimum atomic E-state index is 0.292. The molecule has 1 fully saturated rings. The molecule has 2 N–H and O–H groups in total. The molecular formula is C25H41N7. The fourth-order valence-electron chi connectivity index (χ4n) is 4.42. The van der Waals surface area contributed by atoms with Crippen molar-refractivity contribution in [3.05, 3.63) is 52.8 Å². The summed E-state index contributed by atoms with van der Waals surface area (Å²) < 4.78 is 1.96. The van der Waals surface area contributed by atoms with Crippen LogP contribution in [0.3, 0.4) is 0 Å². The van der Waals surface area contributed by atoms with E-state index in [0.717, 1.165) is 70.3 Å². The second-order valence-electron chi connectivity index (χ2n) is 8.98. The van der Waals surface area contributed by atoms with Gasteiger partial charge in [-0.05, 0) is 51.3 Å². The van der Waals surface area contributed by atoms with Crippen LogP contribution in [0.1, 0.15) is 35.9 Å². The van der Waals surface area contributed by atoms with Gasteiger partial charge in [0, 0.05) is 65.1 Å². The van der Waals surface area contributed by atoms with Gasteiger partial charge in [0.2, 0.25) is 0 Å². The Morgan fingerprint density at radius 1 is 1.09 bits per heavy atom. The van der Waals surface area contributed by atoms with Crippen LogP contribution in [0.5, 0.6) is 0 Å². The maximum atomic E-state index is 4.53. The average Bonchev–Trinajstić information content (AvgIpc) is 3.03. The van der Waals surface area contributed by atoms with E-state index < -0.39 is 0 Å². The van der Waals surface area contributed by atoms with E-state index in [-0.39, 0.29) is 0 Å². The topological polar surface area (TPSA) is 60.7 Å². The first-order valence-corrected chi connectivity index (χ1v) is 11.9. The lowest BCUT2D eigenvalue weighted by molar-refractivity contribution is 0.126. The number of piperazine rings is 1. The lowest BCUT2D eigenvalue weighted by atomic mass is 10.1. The molecule has 1 aliphatic rings. The van der Waals surface area contributed by atoms with Gasteiger partial charge in [-0.2, -0.15) is 5.10 Å². The summed E-state index contributed by atoms with van der Waals surface area (Å²) in [4.78, 5) is 9.54. The third kappa shape index (κ3) is 7.07. The van der Waals surface area contributed by atoms with Gasteiger partial charge in [-0.25, -0.2) is 0 Å². The molecule has 2 aromatic rings. The molecule has 1 unspecified atom stereocenters. The van der Waals surface area contributed by atoms with Crippen LogP contribution >= 0.6 is 0 Å². The van der Waals surface area contributed by atoms with Crippen LogP contribution in [0.15, 0.2) is 35.3 Å². The number of guanidine groups is 1. The third-order valence-corrected chi connectivity index (χ3v) is 6.43. The maximum Gasteiger partial charge on any atom is 0.191 e. The standard InChI is InChI=1S/C25H41N7/c1-20(18-24-21(2)29-30(5)22(24)3)28-25(26-4)27-12-9-13-31-14-16-32(17-15-31)19-23-10-7-6-8-11-23/h6-8,10-11,20H,9,12-19H2,1-5H3,(H2,26,27,28). The summed E-state index contributed by atoms with van der Waals surface area (Å²) in [6.45, 7) is 14.2. The lowest BCUT2D eigenvalue weighted by Gasteiger charge is -2.34. The zero-order valence-electron chi connectivity index (χ0n) is 20.6. The largest absolute Gasteiger partial charge is 0.356 e. The predicted molar refractivity (Wildman–Crippen MR) is 133 cm³/mol.